The Bertz CT molecular complexity index is 532. The predicted octanol–water partition coefficient (Wildman–Crippen LogP) is -0.722. The SMILES string of the molecule is NNc1ccc(C(=O)NCCNC(N)=O)cc1[N+](=O)[O-]. The number of nitrogens with zero attached hydrogens (tertiary/aromatic N) is 1. The van der Waals surface area contributed by atoms with Gasteiger partial charge in [0.15, 0.2) is 0 Å². The minimum absolute atomic E-state index is 0.0990. The van der Waals surface area contributed by atoms with E-state index in [2.05, 4.69) is 16.1 Å². The lowest BCUT2D eigenvalue weighted by Gasteiger charge is -2.07. The topological polar surface area (TPSA) is 165 Å². The molecule has 0 heterocycles. The molecule has 108 valence electrons. The van der Waals surface area contributed by atoms with Gasteiger partial charge >= 0.3 is 6.03 Å². The van der Waals surface area contributed by atoms with E-state index in [0.29, 0.717) is 0 Å². The van der Waals surface area contributed by atoms with Crippen molar-refractivity contribution in [3.8, 4) is 0 Å². The first-order chi connectivity index (χ1) is 9.45. The van der Waals surface area contributed by atoms with Gasteiger partial charge in [0.2, 0.25) is 0 Å². The summed E-state index contributed by atoms with van der Waals surface area (Å²) in [5.41, 5.74) is 6.92. The van der Waals surface area contributed by atoms with E-state index in [-0.39, 0.29) is 30.0 Å². The average molecular weight is 282 g/mol. The number of hydrazine groups is 1. The number of carbonyl (C=O) groups is 2. The van der Waals surface area contributed by atoms with Crippen molar-refractivity contribution in [3.63, 3.8) is 0 Å². The van der Waals surface area contributed by atoms with Crippen LogP contribution in [0.1, 0.15) is 10.4 Å². The Morgan fingerprint density at radius 1 is 1.25 bits per heavy atom. The number of amides is 3. The molecule has 0 fully saturated rings. The third kappa shape index (κ3) is 4.10. The van der Waals surface area contributed by atoms with E-state index in [0.717, 1.165) is 6.07 Å². The summed E-state index contributed by atoms with van der Waals surface area (Å²) in [5, 5.41) is 15.6. The molecule has 0 bridgehead atoms. The molecule has 0 aromatic heterocycles. The Balaban J connectivity index is 2.71. The van der Waals surface area contributed by atoms with Crippen LogP contribution in [0.4, 0.5) is 16.2 Å². The zero-order valence-electron chi connectivity index (χ0n) is 10.4. The number of primary amides is 1. The highest BCUT2D eigenvalue weighted by atomic mass is 16.6. The molecule has 0 radical (unpaired) electrons. The van der Waals surface area contributed by atoms with Gasteiger partial charge in [0.05, 0.1) is 4.92 Å². The Hall–Kier alpha value is -2.88. The standard InChI is InChI=1S/C10H14N6O4/c11-10(18)14-4-3-13-9(17)6-1-2-7(15-12)8(5-6)16(19)20/h1-2,5,15H,3-4,12H2,(H,13,17)(H3,11,14,18). The Kier molecular flexibility index (Phi) is 5.23. The molecule has 7 N–H and O–H groups in total. The van der Waals surface area contributed by atoms with Gasteiger partial charge in [-0.15, -0.1) is 0 Å². The summed E-state index contributed by atoms with van der Waals surface area (Å²) in [6, 6.07) is 3.12. The lowest BCUT2D eigenvalue weighted by Crippen LogP contribution is -2.37. The quantitative estimate of drug-likeness (QED) is 0.200. The van der Waals surface area contributed by atoms with Crippen molar-refractivity contribution >= 4 is 23.3 Å². The number of hydrogen-bond donors (Lipinski definition) is 5. The maximum Gasteiger partial charge on any atom is 0.312 e. The molecule has 1 aromatic carbocycles. The maximum absolute atomic E-state index is 11.7. The highest BCUT2D eigenvalue weighted by Crippen LogP contribution is 2.24. The normalized spacial score (nSPS) is 9.65. The van der Waals surface area contributed by atoms with Crippen LogP contribution in [0.2, 0.25) is 0 Å². The van der Waals surface area contributed by atoms with Crippen LogP contribution >= 0.6 is 0 Å². The molecule has 3 amide bonds. The number of nitro benzene ring substituents is 1. The molecule has 0 spiro atoms. The largest absolute Gasteiger partial charge is 0.352 e. The molecule has 10 heteroatoms. The number of nitrogen functional groups attached to an aromatic ring is 1. The molecule has 0 aliphatic heterocycles. The zero-order chi connectivity index (χ0) is 15.1. The van der Waals surface area contributed by atoms with Crippen LogP contribution in [0.5, 0.6) is 0 Å². The summed E-state index contributed by atoms with van der Waals surface area (Å²) in [7, 11) is 0. The van der Waals surface area contributed by atoms with Crippen LogP contribution in [0, 0.1) is 10.1 Å². The molecule has 0 aliphatic carbocycles. The Labute approximate surface area is 113 Å². The van der Waals surface area contributed by atoms with Gasteiger partial charge in [0.1, 0.15) is 5.69 Å². The van der Waals surface area contributed by atoms with Crippen LogP contribution in [-0.2, 0) is 0 Å². The summed E-state index contributed by atoms with van der Waals surface area (Å²) in [6.07, 6.45) is 0. The van der Waals surface area contributed by atoms with Gasteiger partial charge in [-0.2, -0.15) is 0 Å². The average Bonchev–Trinajstić information content (AvgIpc) is 2.42. The van der Waals surface area contributed by atoms with Crippen LogP contribution in [0.15, 0.2) is 18.2 Å². The van der Waals surface area contributed by atoms with Crippen molar-refractivity contribution in [1.82, 2.24) is 10.6 Å². The van der Waals surface area contributed by atoms with Gasteiger partial charge in [0.25, 0.3) is 11.6 Å². The van der Waals surface area contributed by atoms with Gasteiger partial charge < -0.3 is 21.8 Å². The molecule has 0 atom stereocenters. The lowest BCUT2D eigenvalue weighted by molar-refractivity contribution is -0.384. The molecule has 1 aromatic rings. The molecule has 20 heavy (non-hydrogen) atoms. The van der Waals surface area contributed by atoms with Gasteiger partial charge in [0, 0.05) is 24.7 Å². The first-order valence-corrected chi connectivity index (χ1v) is 5.52. The number of nitrogens with one attached hydrogen (secondary N) is 3. The molecule has 0 unspecified atom stereocenters. The highest BCUT2D eigenvalue weighted by molar-refractivity contribution is 5.95. The summed E-state index contributed by atoms with van der Waals surface area (Å²) in [6.45, 7) is 0.304. The van der Waals surface area contributed by atoms with Gasteiger partial charge in [-0.05, 0) is 12.1 Å². The number of anilines is 1. The van der Waals surface area contributed by atoms with E-state index in [1.807, 2.05) is 0 Å². The molecule has 1 rings (SSSR count). The number of nitrogens with two attached hydrogens (primary N) is 2. The van der Waals surface area contributed by atoms with Crippen molar-refractivity contribution in [1.29, 1.82) is 0 Å². The van der Waals surface area contributed by atoms with Crippen molar-refractivity contribution in [2.45, 2.75) is 0 Å². The van der Waals surface area contributed by atoms with Crippen molar-refractivity contribution in [2.75, 3.05) is 18.5 Å². The second-order valence-electron chi connectivity index (χ2n) is 3.68. The van der Waals surface area contributed by atoms with Crippen LogP contribution in [-0.4, -0.2) is 30.0 Å². The molecule has 10 nitrogen and oxygen atoms in total. The first kappa shape index (κ1) is 15.2. The number of nitro groups is 1. The second-order valence-corrected chi connectivity index (χ2v) is 3.68. The number of rotatable bonds is 6. The van der Waals surface area contributed by atoms with Gasteiger partial charge in [-0.1, -0.05) is 0 Å². The molecular weight excluding hydrogens is 268 g/mol. The van der Waals surface area contributed by atoms with Crippen LogP contribution in [0.3, 0.4) is 0 Å². The van der Waals surface area contributed by atoms with E-state index in [1.54, 1.807) is 0 Å². The number of benzene rings is 1. The van der Waals surface area contributed by atoms with E-state index >= 15 is 0 Å². The summed E-state index contributed by atoms with van der Waals surface area (Å²) < 4.78 is 0. The lowest BCUT2D eigenvalue weighted by atomic mass is 10.1. The summed E-state index contributed by atoms with van der Waals surface area (Å²) >= 11 is 0. The fourth-order valence-corrected chi connectivity index (χ4v) is 1.41. The van der Waals surface area contributed by atoms with Gasteiger partial charge in [-0.3, -0.25) is 20.8 Å². The zero-order valence-corrected chi connectivity index (χ0v) is 10.4. The summed E-state index contributed by atoms with van der Waals surface area (Å²) in [4.78, 5) is 32.3. The van der Waals surface area contributed by atoms with E-state index in [9.17, 15) is 19.7 Å². The highest BCUT2D eigenvalue weighted by Gasteiger charge is 2.16. The van der Waals surface area contributed by atoms with Crippen molar-refractivity contribution in [3.05, 3.63) is 33.9 Å². The third-order valence-corrected chi connectivity index (χ3v) is 2.32. The van der Waals surface area contributed by atoms with Gasteiger partial charge in [-0.25, -0.2) is 4.79 Å². The third-order valence-electron chi connectivity index (χ3n) is 2.32. The Morgan fingerprint density at radius 2 is 1.90 bits per heavy atom. The fourth-order valence-electron chi connectivity index (χ4n) is 1.41. The molecule has 0 saturated carbocycles. The molecule has 0 aliphatic rings. The van der Waals surface area contributed by atoms with E-state index < -0.39 is 16.9 Å². The predicted molar refractivity (Wildman–Crippen MR) is 70.8 cm³/mol. The van der Waals surface area contributed by atoms with E-state index in [1.165, 1.54) is 12.1 Å². The minimum Gasteiger partial charge on any atom is -0.352 e. The monoisotopic (exact) mass is 282 g/mol. The second kappa shape index (κ2) is 6.89. The van der Waals surface area contributed by atoms with Crippen LogP contribution < -0.4 is 27.6 Å². The van der Waals surface area contributed by atoms with Crippen LogP contribution in [0.25, 0.3) is 0 Å². The maximum atomic E-state index is 11.7. The smallest absolute Gasteiger partial charge is 0.312 e. The fraction of sp³-hybridized carbons (Fsp3) is 0.200. The summed E-state index contributed by atoms with van der Waals surface area (Å²) in [5.74, 6) is 4.62. The first-order valence-electron chi connectivity index (χ1n) is 5.52. The van der Waals surface area contributed by atoms with Crippen molar-refractivity contribution in [2.24, 2.45) is 11.6 Å². The molecular formula is C10H14N6O4. The van der Waals surface area contributed by atoms with E-state index in [4.69, 9.17) is 11.6 Å². The number of carbonyl (C=O) groups excluding carboxylic acids is 2. The molecule has 0 saturated heterocycles. The number of hydrogen-bond acceptors (Lipinski definition) is 6. The minimum atomic E-state index is -0.701. The van der Waals surface area contributed by atoms with Crippen molar-refractivity contribution < 1.29 is 14.5 Å². The number of urea groups is 1. The Morgan fingerprint density at radius 3 is 2.45 bits per heavy atom.